The van der Waals surface area contributed by atoms with Crippen LogP contribution in [-0.4, -0.2) is 17.1 Å². The molecule has 0 atom stereocenters. The van der Waals surface area contributed by atoms with E-state index in [-0.39, 0.29) is 5.13 Å². The Balaban J connectivity index is 2.40. The highest BCUT2D eigenvalue weighted by atomic mass is 32.1. The van der Waals surface area contributed by atoms with Gasteiger partial charge in [0.15, 0.2) is 5.13 Å². The van der Waals surface area contributed by atoms with Crippen molar-refractivity contribution in [2.24, 2.45) is 0 Å². The van der Waals surface area contributed by atoms with Crippen LogP contribution in [0, 0.1) is 13.8 Å². The summed E-state index contributed by atoms with van der Waals surface area (Å²) in [7, 11) is 0. The van der Waals surface area contributed by atoms with Crippen LogP contribution in [0.5, 0.6) is 0 Å². The number of hydrogen-bond acceptors (Lipinski definition) is 3. The van der Waals surface area contributed by atoms with E-state index in [9.17, 15) is 18.0 Å². The molecule has 1 aromatic heterocycles. The standard InChI is InChI=1S/C11H9F3N2OS/c1-5-3-4-6(2)8-7(5)15-10(18-8)16-9(17)11(12,13)14/h3-4H,1-2H3,(H,15,16,17). The first kappa shape index (κ1) is 12.8. The van der Waals surface area contributed by atoms with Crippen molar-refractivity contribution in [1.29, 1.82) is 0 Å². The second-order valence-electron chi connectivity index (χ2n) is 3.85. The Hall–Kier alpha value is -1.63. The average molecular weight is 274 g/mol. The van der Waals surface area contributed by atoms with Crippen LogP contribution in [0.1, 0.15) is 11.1 Å². The predicted octanol–water partition coefficient (Wildman–Crippen LogP) is 3.41. The fourth-order valence-corrected chi connectivity index (χ4v) is 2.49. The van der Waals surface area contributed by atoms with Gasteiger partial charge in [0, 0.05) is 0 Å². The molecule has 1 N–H and O–H groups in total. The monoisotopic (exact) mass is 274 g/mol. The van der Waals surface area contributed by atoms with Gasteiger partial charge in [-0.1, -0.05) is 23.5 Å². The van der Waals surface area contributed by atoms with Gasteiger partial charge in [0.1, 0.15) is 0 Å². The first-order valence-corrected chi connectivity index (χ1v) is 5.85. The molecule has 0 spiro atoms. The van der Waals surface area contributed by atoms with Gasteiger partial charge in [-0.25, -0.2) is 4.98 Å². The van der Waals surface area contributed by atoms with Crippen molar-refractivity contribution in [3.63, 3.8) is 0 Å². The van der Waals surface area contributed by atoms with Crippen molar-refractivity contribution < 1.29 is 18.0 Å². The van der Waals surface area contributed by atoms with Crippen molar-refractivity contribution in [2.75, 3.05) is 5.32 Å². The molecule has 0 saturated heterocycles. The number of aromatic nitrogens is 1. The number of carbonyl (C=O) groups excluding carboxylic acids is 1. The maximum absolute atomic E-state index is 12.1. The molecule has 0 aliphatic heterocycles. The van der Waals surface area contributed by atoms with E-state index in [1.807, 2.05) is 26.0 Å². The number of halogens is 3. The van der Waals surface area contributed by atoms with Crippen molar-refractivity contribution in [3.8, 4) is 0 Å². The molecule has 2 aromatic rings. The van der Waals surface area contributed by atoms with Crippen LogP contribution in [0.25, 0.3) is 10.2 Å². The molecule has 1 aromatic carbocycles. The summed E-state index contributed by atoms with van der Waals surface area (Å²) in [4.78, 5) is 14.8. The van der Waals surface area contributed by atoms with Crippen LogP contribution < -0.4 is 5.32 Å². The lowest BCUT2D eigenvalue weighted by Crippen LogP contribution is -2.29. The molecular weight excluding hydrogens is 265 g/mol. The van der Waals surface area contributed by atoms with Crippen LogP contribution in [0.4, 0.5) is 18.3 Å². The number of aryl methyl sites for hydroxylation is 2. The predicted molar refractivity (Wildman–Crippen MR) is 63.8 cm³/mol. The molecule has 18 heavy (non-hydrogen) atoms. The molecule has 0 saturated carbocycles. The van der Waals surface area contributed by atoms with Gasteiger partial charge >= 0.3 is 12.1 Å². The minimum Gasteiger partial charge on any atom is -0.294 e. The molecule has 96 valence electrons. The van der Waals surface area contributed by atoms with E-state index in [2.05, 4.69) is 4.98 Å². The summed E-state index contributed by atoms with van der Waals surface area (Å²) in [6, 6.07) is 3.71. The Labute approximate surface area is 105 Å². The third kappa shape index (κ3) is 2.31. The minimum absolute atomic E-state index is 0.0373. The fourth-order valence-electron chi connectivity index (χ4n) is 1.48. The van der Waals surface area contributed by atoms with Gasteiger partial charge in [0.25, 0.3) is 0 Å². The third-order valence-corrected chi connectivity index (χ3v) is 3.53. The Bertz CT molecular complexity index is 580. The molecule has 0 aliphatic carbocycles. The molecule has 0 bridgehead atoms. The number of nitrogens with one attached hydrogen (secondary N) is 1. The summed E-state index contributed by atoms with van der Waals surface area (Å²) in [5.41, 5.74) is 2.40. The Morgan fingerprint density at radius 2 is 1.89 bits per heavy atom. The lowest BCUT2D eigenvalue weighted by atomic mass is 10.1. The Morgan fingerprint density at radius 1 is 1.28 bits per heavy atom. The molecular formula is C11H9F3N2OS. The van der Waals surface area contributed by atoms with Gasteiger partial charge in [-0.05, 0) is 25.0 Å². The number of rotatable bonds is 1. The first-order valence-electron chi connectivity index (χ1n) is 5.04. The van der Waals surface area contributed by atoms with Crippen molar-refractivity contribution in [2.45, 2.75) is 20.0 Å². The van der Waals surface area contributed by atoms with Crippen molar-refractivity contribution in [3.05, 3.63) is 23.3 Å². The highest BCUT2D eigenvalue weighted by molar-refractivity contribution is 7.22. The van der Waals surface area contributed by atoms with Crippen molar-refractivity contribution in [1.82, 2.24) is 4.98 Å². The second-order valence-corrected chi connectivity index (χ2v) is 4.85. The summed E-state index contributed by atoms with van der Waals surface area (Å²) in [6.45, 7) is 3.66. The van der Waals surface area contributed by atoms with E-state index in [1.165, 1.54) is 0 Å². The summed E-state index contributed by atoms with van der Waals surface area (Å²) >= 11 is 1.04. The molecule has 0 unspecified atom stereocenters. The molecule has 0 fully saturated rings. The van der Waals surface area contributed by atoms with Gasteiger partial charge in [0.2, 0.25) is 0 Å². The molecule has 1 amide bonds. The van der Waals surface area contributed by atoms with Crippen LogP contribution in [0.15, 0.2) is 12.1 Å². The van der Waals surface area contributed by atoms with Gasteiger partial charge < -0.3 is 0 Å². The largest absolute Gasteiger partial charge is 0.471 e. The molecule has 7 heteroatoms. The number of nitrogens with zero attached hydrogens (tertiary/aromatic N) is 1. The SMILES string of the molecule is Cc1ccc(C)c2sc(NC(=O)C(F)(F)F)nc12. The Morgan fingerprint density at radius 3 is 2.44 bits per heavy atom. The molecule has 1 heterocycles. The zero-order valence-corrected chi connectivity index (χ0v) is 10.4. The lowest BCUT2D eigenvalue weighted by Gasteiger charge is -2.03. The summed E-state index contributed by atoms with van der Waals surface area (Å²) < 4.78 is 37.1. The van der Waals surface area contributed by atoms with Crippen LogP contribution in [-0.2, 0) is 4.79 Å². The van der Waals surface area contributed by atoms with Crippen molar-refractivity contribution >= 4 is 32.6 Å². The first-order chi connectivity index (χ1) is 8.29. The van der Waals surface area contributed by atoms with Gasteiger partial charge in [-0.2, -0.15) is 13.2 Å². The highest BCUT2D eigenvalue weighted by Crippen LogP contribution is 2.31. The summed E-state index contributed by atoms with van der Waals surface area (Å²) in [6.07, 6.45) is -4.90. The number of hydrogen-bond donors (Lipinski definition) is 1. The zero-order valence-electron chi connectivity index (χ0n) is 9.55. The van der Waals surface area contributed by atoms with Crippen LogP contribution >= 0.6 is 11.3 Å². The van der Waals surface area contributed by atoms with E-state index in [0.29, 0.717) is 5.52 Å². The number of benzene rings is 1. The Kier molecular flexibility index (Phi) is 3.02. The van der Waals surface area contributed by atoms with Crippen LogP contribution in [0.2, 0.25) is 0 Å². The quantitative estimate of drug-likeness (QED) is 0.865. The van der Waals surface area contributed by atoms with E-state index in [4.69, 9.17) is 0 Å². The number of alkyl halides is 3. The maximum atomic E-state index is 12.1. The van der Waals surface area contributed by atoms with E-state index >= 15 is 0 Å². The van der Waals surface area contributed by atoms with Crippen LogP contribution in [0.3, 0.4) is 0 Å². The summed E-state index contributed by atoms with van der Waals surface area (Å²) in [5.74, 6) is -2.00. The van der Waals surface area contributed by atoms with Gasteiger partial charge in [-0.3, -0.25) is 10.1 Å². The van der Waals surface area contributed by atoms with E-state index < -0.39 is 12.1 Å². The number of thiazole rings is 1. The molecule has 2 rings (SSSR count). The zero-order chi connectivity index (χ0) is 13.5. The summed E-state index contributed by atoms with van der Waals surface area (Å²) in [5, 5.41) is 1.73. The topological polar surface area (TPSA) is 42.0 Å². The smallest absolute Gasteiger partial charge is 0.294 e. The molecule has 3 nitrogen and oxygen atoms in total. The van der Waals surface area contributed by atoms with E-state index in [1.54, 1.807) is 5.32 Å². The fraction of sp³-hybridized carbons (Fsp3) is 0.273. The average Bonchev–Trinajstić information content (AvgIpc) is 2.67. The maximum Gasteiger partial charge on any atom is 0.471 e. The highest BCUT2D eigenvalue weighted by Gasteiger charge is 2.39. The number of fused-ring (bicyclic) bond motifs is 1. The normalized spacial score (nSPS) is 11.8. The lowest BCUT2D eigenvalue weighted by molar-refractivity contribution is -0.167. The number of anilines is 1. The van der Waals surface area contributed by atoms with Gasteiger partial charge in [-0.15, -0.1) is 0 Å². The molecule has 0 radical (unpaired) electrons. The molecule has 0 aliphatic rings. The van der Waals surface area contributed by atoms with E-state index in [0.717, 1.165) is 27.2 Å². The number of carbonyl (C=O) groups is 1. The second kappa shape index (κ2) is 4.24. The third-order valence-electron chi connectivity index (χ3n) is 2.42. The number of amides is 1. The minimum atomic E-state index is -4.90. The van der Waals surface area contributed by atoms with Gasteiger partial charge in [0.05, 0.1) is 10.2 Å².